The number of carbonyl (C=O) groups excluding carboxylic acids is 1. The quantitative estimate of drug-likeness (QED) is 0.559. The summed E-state index contributed by atoms with van der Waals surface area (Å²) in [5.41, 5.74) is 0.151. The Balaban J connectivity index is 2.79. The van der Waals surface area contributed by atoms with E-state index in [9.17, 15) is 19.8 Å². The summed E-state index contributed by atoms with van der Waals surface area (Å²) < 4.78 is 9.60. The third kappa shape index (κ3) is 3.28. The van der Waals surface area contributed by atoms with Crippen LogP contribution in [0.5, 0.6) is 0 Å². The topological polar surface area (TPSA) is 113 Å². The maximum atomic E-state index is 11.3. The fourth-order valence-electron chi connectivity index (χ4n) is 1.66. The molecule has 0 aliphatic heterocycles. The second kappa shape index (κ2) is 5.94. The van der Waals surface area contributed by atoms with E-state index in [1.54, 1.807) is 0 Å². The van der Waals surface area contributed by atoms with Crippen LogP contribution in [0, 0.1) is 0 Å². The maximum absolute atomic E-state index is 11.3. The number of rotatable bonds is 4. The molecule has 7 heteroatoms. The largest absolute Gasteiger partial charge is 0.479 e. The van der Waals surface area contributed by atoms with E-state index in [1.807, 2.05) is 0 Å². The Labute approximate surface area is 104 Å². The highest BCUT2D eigenvalue weighted by molar-refractivity contribution is 5.88. The first kappa shape index (κ1) is 14.6. The van der Waals surface area contributed by atoms with E-state index in [2.05, 4.69) is 4.74 Å². The third-order valence-electron chi connectivity index (χ3n) is 2.70. The molecule has 18 heavy (non-hydrogen) atoms. The lowest BCUT2D eigenvalue weighted by atomic mass is 9.92. The Morgan fingerprint density at radius 2 is 2.06 bits per heavy atom. The van der Waals surface area contributed by atoms with Gasteiger partial charge in [0.25, 0.3) is 0 Å². The molecule has 0 bridgehead atoms. The minimum absolute atomic E-state index is 0.0114. The van der Waals surface area contributed by atoms with Gasteiger partial charge >= 0.3 is 11.9 Å². The van der Waals surface area contributed by atoms with Crippen LogP contribution in [0.3, 0.4) is 0 Å². The highest BCUT2D eigenvalue weighted by Crippen LogP contribution is 2.24. The average molecular weight is 260 g/mol. The molecule has 0 aromatic heterocycles. The Morgan fingerprint density at radius 3 is 2.56 bits per heavy atom. The molecule has 7 nitrogen and oxygen atoms in total. The summed E-state index contributed by atoms with van der Waals surface area (Å²) in [6.07, 6.45) is -3.51. The van der Waals surface area contributed by atoms with Crippen molar-refractivity contribution in [2.75, 3.05) is 7.11 Å². The molecule has 0 spiro atoms. The van der Waals surface area contributed by atoms with E-state index < -0.39 is 36.4 Å². The predicted molar refractivity (Wildman–Crippen MR) is 58.7 cm³/mol. The highest BCUT2D eigenvalue weighted by Gasteiger charge is 2.35. The molecule has 3 N–H and O–H groups in total. The lowest BCUT2D eigenvalue weighted by molar-refractivity contribution is -0.162. The van der Waals surface area contributed by atoms with Gasteiger partial charge in [0.1, 0.15) is 12.2 Å². The zero-order valence-corrected chi connectivity index (χ0v) is 10.1. The molecule has 1 aliphatic rings. The number of aliphatic carboxylic acids is 1. The molecular weight excluding hydrogens is 244 g/mol. The molecule has 0 heterocycles. The second-order valence-electron chi connectivity index (χ2n) is 4.02. The van der Waals surface area contributed by atoms with Crippen LogP contribution >= 0.6 is 0 Å². The Morgan fingerprint density at radius 1 is 1.44 bits per heavy atom. The first-order valence-electron chi connectivity index (χ1n) is 5.40. The molecule has 0 amide bonds. The van der Waals surface area contributed by atoms with Gasteiger partial charge in [0.05, 0.1) is 13.2 Å². The van der Waals surface area contributed by atoms with Gasteiger partial charge in [-0.25, -0.2) is 9.59 Å². The van der Waals surface area contributed by atoms with Crippen molar-refractivity contribution >= 4 is 11.9 Å². The lowest BCUT2D eigenvalue weighted by Crippen LogP contribution is -2.45. The van der Waals surface area contributed by atoms with Gasteiger partial charge in [-0.05, 0) is 13.0 Å². The van der Waals surface area contributed by atoms with Crippen LogP contribution < -0.4 is 0 Å². The molecule has 0 saturated carbocycles. The van der Waals surface area contributed by atoms with E-state index in [0.29, 0.717) is 0 Å². The van der Waals surface area contributed by atoms with Crippen LogP contribution in [-0.4, -0.2) is 58.8 Å². The molecule has 4 unspecified atom stereocenters. The van der Waals surface area contributed by atoms with Gasteiger partial charge in [0.2, 0.25) is 0 Å². The molecule has 0 aromatic carbocycles. The van der Waals surface area contributed by atoms with Crippen LogP contribution in [0.4, 0.5) is 0 Å². The molecule has 0 aromatic rings. The number of esters is 1. The van der Waals surface area contributed by atoms with E-state index in [0.717, 1.165) is 0 Å². The summed E-state index contributed by atoms with van der Waals surface area (Å²) in [5.74, 6) is -1.83. The van der Waals surface area contributed by atoms with Crippen molar-refractivity contribution in [3.8, 4) is 0 Å². The summed E-state index contributed by atoms with van der Waals surface area (Å²) in [7, 11) is 1.19. The molecule has 1 aliphatic carbocycles. The summed E-state index contributed by atoms with van der Waals surface area (Å²) >= 11 is 0. The number of carboxylic acids is 1. The van der Waals surface area contributed by atoms with Crippen LogP contribution in [0.2, 0.25) is 0 Å². The maximum Gasteiger partial charge on any atom is 0.333 e. The Bertz CT molecular complexity index is 362. The van der Waals surface area contributed by atoms with Crippen molar-refractivity contribution in [1.82, 2.24) is 0 Å². The van der Waals surface area contributed by atoms with Gasteiger partial charge in [-0.1, -0.05) is 0 Å². The molecule has 1 rings (SSSR count). The normalized spacial score (nSPS) is 29.3. The highest BCUT2D eigenvalue weighted by atomic mass is 16.5. The zero-order valence-electron chi connectivity index (χ0n) is 10.1. The Kier molecular flexibility index (Phi) is 4.83. The number of aliphatic hydroxyl groups excluding tert-OH is 2. The lowest BCUT2D eigenvalue weighted by Gasteiger charge is -2.31. The molecule has 102 valence electrons. The summed E-state index contributed by atoms with van der Waals surface area (Å²) in [5, 5.41) is 27.9. The minimum Gasteiger partial charge on any atom is -0.479 e. The summed E-state index contributed by atoms with van der Waals surface area (Å²) in [6, 6.07) is 0. The van der Waals surface area contributed by atoms with Crippen LogP contribution in [-0.2, 0) is 19.1 Å². The van der Waals surface area contributed by atoms with Gasteiger partial charge in [0, 0.05) is 12.0 Å². The third-order valence-corrected chi connectivity index (χ3v) is 2.70. The number of hydrogen-bond donors (Lipinski definition) is 3. The number of carboxylic acid groups (broad SMARTS) is 1. The van der Waals surface area contributed by atoms with Crippen LogP contribution in [0.25, 0.3) is 0 Å². The van der Waals surface area contributed by atoms with Crippen molar-refractivity contribution in [2.24, 2.45) is 0 Å². The van der Waals surface area contributed by atoms with Gasteiger partial charge in [-0.15, -0.1) is 0 Å². The van der Waals surface area contributed by atoms with E-state index in [1.165, 1.54) is 20.1 Å². The monoisotopic (exact) mass is 260 g/mol. The van der Waals surface area contributed by atoms with Gasteiger partial charge in [-0.3, -0.25) is 0 Å². The summed E-state index contributed by atoms with van der Waals surface area (Å²) in [4.78, 5) is 22.0. The molecule has 4 atom stereocenters. The zero-order chi connectivity index (χ0) is 13.9. The number of aliphatic hydroxyl groups is 2. The minimum atomic E-state index is -1.29. The standard InChI is InChI=1S/C11H16O7/c1-5(10(14)15)18-8-4-6(11(16)17-2)3-7(12)9(8)13/h3,5,7-9,12-13H,4H2,1-2H3,(H,14,15). The first-order chi connectivity index (χ1) is 8.36. The molecule has 0 radical (unpaired) electrons. The van der Waals surface area contributed by atoms with Crippen LogP contribution in [0.1, 0.15) is 13.3 Å². The average Bonchev–Trinajstić information content (AvgIpc) is 2.33. The van der Waals surface area contributed by atoms with Crippen molar-refractivity contribution in [3.05, 3.63) is 11.6 Å². The number of ether oxygens (including phenoxy) is 2. The molecular formula is C11H16O7. The van der Waals surface area contributed by atoms with Crippen molar-refractivity contribution in [2.45, 2.75) is 37.8 Å². The van der Waals surface area contributed by atoms with Gasteiger partial charge < -0.3 is 24.8 Å². The number of methoxy groups -OCH3 is 1. The SMILES string of the molecule is COC(=O)C1=CC(O)C(O)C(OC(C)C(=O)O)C1. The predicted octanol–water partition coefficient (Wildman–Crippen LogP) is -0.930. The van der Waals surface area contributed by atoms with E-state index in [4.69, 9.17) is 9.84 Å². The number of carbonyl (C=O) groups is 2. The smallest absolute Gasteiger partial charge is 0.333 e. The fourth-order valence-corrected chi connectivity index (χ4v) is 1.66. The van der Waals surface area contributed by atoms with E-state index >= 15 is 0 Å². The van der Waals surface area contributed by atoms with Crippen molar-refractivity contribution in [1.29, 1.82) is 0 Å². The fraction of sp³-hybridized carbons (Fsp3) is 0.636. The van der Waals surface area contributed by atoms with Crippen LogP contribution in [0.15, 0.2) is 11.6 Å². The second-order valence-corrected chi connectivity index (χ2v) is 4.02. The molecule has 0 fully saturated rings. The van der Waals surface area contributed by atoms with Gasteiger partial charge in [0.15, 0.2) is 6.10 Å². The summed E-state index contributed by atoms with van der Waals surface area (Å²) in [6.45, 7) is 1.30. The number of hydrogen-bond acceptors (Lipinski definition) is 6. The van der Waals surface area contributed by atoms with Crippen molar-refractivity contribution in [3.63, 3.8) is 0 Å². The van der Waals surface area contributed by atoms with Gasteiger partial charge in [-0.2, -0.15) is 0 Å². The first-order valence-corrected chi connectivity index (χ1v) is 5.40. The van der Waals surface area contributed by atoms with E-state index in [-0.39, 0.29) is 12.0 Å². The van der Waals surface area contributed by atoms with Crippen molar-refractivity contribution < 1.29 is 34.4 Å². The molecule has 0 saturated heterocycles. The Hall–Kier alpha value is -1.44.